The number of nitrogens with zero attached hydrogens (tertiary/aromatic N) is 1. The predicted molar refractivity (Wildman–Crippen MR) is 78.3 cm³/mol. The number of amides is 1. The highest BCUT2D eigenvalue weighted by atomic mass is 16.2. The molecule has 0 aliphatic rings. The lowest BCUT2D eigenvalue weighted by Gasteiger charge is -2.24. The van der Waals surface area contributed by atoms with E-state index in [1.807, 2.05) is 50.6 Å². The number of benzene rings is 1. The van der Waals surface area contributed by atoms with Gasteiger partial charge in [0.15, 0.2) is 0 Å². The van der Waals surface area contributed by atoms with Crippen LogP contribution in [0.4, 0.5) is 0 Å². The molecule has 0 bridgehead atoms. The van der Waals surface area contributed by atoms with E-state index in [1.54, 1.807) is 0 Å². The summed E-state index contributed by atoms with van der Waals surface area (Å²) in [6.07, 6.45) is 0. The Morgan fingerprint density at radius 2 is 2.05 bits per heavy atom. The van der Waals surface area contributed by atoms with E-state index in [4.69, 9.17) is 5.73 Å². The summed E-state index contributed by atoms with van der Waals surface area (Å²) in [5.74, 6) is -0.0909. The average Bonchev–Trinajstić information content (AvgIpc) is 2.66. The van der Waals surface area contributed by atoms with Gasteiger partial charge in [-0.05, 0) is 38.5 Å². The third-order valence-corrected chi connectivity index (χ3v) is 3.40. The summed E-state index contributed by atoms with van der Waals surface area (Å²) in [4.78, 5) is 12.3. The SMILES string of the molecule is Cc1ccc2cc(C(=O)NC(C)(C)CN)n(C)c2c1. The van der Waals surface area contributed by atoms with E-state index in [0.29, 0.717) is 12.2 Å². The van der Waals surface area contributed by atoms with Crippen LogP contribution in [-0.2, 0) is 7.05 Å². The summed E-state index contributed by atoms with van der Waals surface area (Å²) >= 11 is 0. The van der Waals surface area contributed by atoms with Gasteiger partial charge in [-0.25, -0.2) is 0 Å². The van der Waals surface area contributed by atoms with E-state index in [9.17, 15) is 4.79 Å². The van der Waals surface area contributed by atoms with Gasteiger partial charge in [-0.15, -0.1) is 0 Å². The van der Waals surface area contributed by atoms with Crippen LogP contribution in [-0.4, -0.2) is 22.6 Å². The zero-order valence-corrected chi connectivity index (χ0v) is 11.9. The van der Waals surface area contributed by atoms with Gasteiger partial charge in [-0.1, -0.05) is 12.1 Å². The third-order valence-electron chi connectivity index (χ3n) is 3.40. The molecule has 0 saturated heterocycles. The van der Waals surface area contributed by atoms with Crippen molar-refractivity contribution < 1.29 is 4.79 Å². The molecular weight excluding hydrogens is 238 g/mol. The van der Waals surface area contributed by atoms with Gasteiger partial charge in [-0.2, -0.15) is 0 Å². The highest BCUT2D eigenvalue weighted by Crippen LogP contribution is 2.20. The smallest absolute Gasteiger partial charge is 0.268 e. The van der Waals surface area contributed by atoms with Gasteiger partial charge in [0.05, 0.1) is 0 Å². The molecule has 0 fully saturated rings. The lowest BCUT2D eigenvalue weighted by Crippen LogP contribution is -2.49. The van der Waals surface area contributed by atoms with E-state index in [0.717, 1.165) is 10.9 Å². The van der Waals surface area contributed by atoms with Gasteiger partial charge < -0.3 is 15.6 Å². The molecule has 4 heteroatoms. The first kappa shape index (κ1) is 13.6. The second kappa shape index (κ2) is 4.70. The highest BCUT2D eigenvalue weighted by molar-refractivity contribution is 5.99. The topological polar surface area (TPSA) is 60.1 Å². The molecular formula is C15H21N3O. The van der Waals surface area contributed by atoms with Gasteiger partial charge >= 0.3 is 0 Å². The molecule has 4 nitrogen and oxygen atoms in total. The van der Waals surface area contributed by atoms with Crippen molar-refractivity contribution in [2.24, 2.45) is 12.8 Å². The predicted octanol–water partition coefficient (Wildman–Crippen LogP) is 1.95. The van der Waals surface area contributed by atoms with Crippen LogP contribution in [0.15, 0.2) is 24.3 Å². The van der Waals surface area contributed by atoms with E-state index >= 15 is 0 Å². The second-order valence-corrected chi connectivity index (χ2v) is 5.69. The summed E-state index contributed by atoms with van der Waals surface area (Å²) in [5.41, 5.74) is 8.15. The number of nitrogens with two attached hydrogens (primary N) is 1. The molecule has 1 aromatic carbocycles. The van der Waals surface area contributed by atoms with Crippen molar-refractivity contribution in [3.05, 3.63) is 35.5 Å². The zero-order chi connectivity index (χ0) is 14.2. The summed E-state index contributed by atoms with van der Waals surface area (Å²) < 4.78 is 1.92. The number of aromatic nitrogens is 1. The molecule has 0 aliphatic heterocycles. The summed E-state index contributed by atoms with van der Waals surface area (Å²) in [7, 11) is 1.91. The molecule has 19 heavy (non-hydrogen) atoms. The largest absolute Gasteiger partial charge is 0.345 e. The van der Waals surface area contributed by atoms with Crippen LogP contribution >= 0.6 is 0 Å². The van der Waals surface area contributed by atoms with Crippen molar-refractivity contribution in [2.45, 2.75) is 26.3 Å². The fraction of sp³-hybridized carbons (Fsp3) is 0.400. The van der Waals surface area contributed by atoms with Crippen LogP contribution in [0.2, 0.25) is 0 Å². The van der Waals surface area contributed by atoms with E-state index in [2.05, 4.69) is 11.4 Å². The van der Waals surface area contributed by atoms with Crippen LogP contribution in [0.1, 0.15) is 29.9 Å². The lowest BCUT2D eigenvalue weighted by molar-refractivity contribution is 0.0908. The number of carbonyl (C=O) groups is 1. The molecule has 1 heterocycles. The molecule has 0 aliphatic carbocycles. The Balaban J connectivity index is 2.40. The molecule has 0 saturated carbocycles. The number of fused-ring (bicyclic) bond motifs is 1. The van der Waals surface area contributed by atoms with Crippen molar-refractivity contribution in [1.29, 1.82) is 0 Å². The first-order valence-corrected chi connectivity index (χ1v) is 6.43. The van der Waals surface area contributed by atoms with E-state index in [1.165, 1.54) is 5.56 Å². The Kier molecular flexibility index (Phi) is 3.37. The molecule has 0 radical (unpaired) electrons. The Morgan fingerprint density at radius 1 is 1.37 bits per heavy atom. The monoisotopic (exact) mass is 259 g/mol. The summed E-state index contributed by atoms with van der Waals surface area (Å²) in [6, 6.07) is 8.08. The van der Waals surface area contributed by atoms with Crippen LogP contribution < -0.4 is 11.1 Å². The molecule has 2 aromatic rings. The molecule has 3 N–H and O–H groups in total. The van der Waals surface area contributed by atoms with Crippen LogP contribution in [0.3, 0.4) is 0 Å². The zero-order valence-electron chi connectivity index (χ0n) is 11.9. The molecule has 2 rings (SSSR count). The minimum Gasteiger partial charge on any atom is -0.345 e. The highest BCUT2D eigenvalue weighted by Gasteiger charge is 2.21. The number of hydrogen-bond acceptors (Lipinski definition) is 2. The van der Waals surface area contributed by atoms with Gasteiger partial charge in [0.1, 0.15) is 5.69 Å². The Hall–Kier alpha value is -1.81. The second-order valence-electron chi connectivity index (χ2n) is 5.69. The number of aryl methyl sites for hydroxylation is 2. The summed E-state index contributed by atoms with van der Waals surface area (Å²) in [5, 5.41) is 4.03. The van der Waals surface area contributed by atoms with Crippen molar-refractivity contribution in [1.82, 2.24) is 9.88 Å². The minimum atomic E-state index is -0.399. The standard InChI is InChI=1S/C15H21N3O/c1-10-5-6-11-8-13(18(4)12(11)7-10)14(19)17-15(2,3)9-16/h5-8H,9,16H2,1-4H3,(H,17,19). The molecule has 1 aromatic heterocycles. The Labute approximate surface area is 113 Å². The van der Waals surface area contributed by atoms with Crippen LogP contribution in [0.25, 0.3) is 10.9 Å². The molecule has 0 spiro atoms. The van der Waals surface area contributed by atoms with E-state index < -0.39 is 5.54 Å². The normalized spacial score (nSPS) is 11.8. The Morgan fingerprint density at radius 3 is 2.68 bits per heavy atom. The van der Waals surface area contributed by atoms with Crippen LogP contribution in [0, 0.1) is 6.92 Å². The van der Waals surface area contributed by atoms with Crippen molar-refractivity contribution in [2.75, 3.05) is 6.54 Å². The van der Waals surface area contributed by atoms with Crippen molar-refractivity contribution in [3.8, 4) is 0 Å². The average molecular weight is 259 g/mol. The maximum atomic E-state index is 12.3. The van der Waals surface area contributed by atoms with Crippen LogP contribution in [0.5, 0.6) is 0 Å². The maximum Gasteiger partial charge on any atom is 0.268 e. The molecule has 0 unspecified atom stereocenters. The minimum absolute atomic E-state index is 0.0909. The van der Waals surface area contributed by atoms with Gasteiger partial charge in [0, 0.05) is 30.0 Å². The van der Waals surface area contributed by atoms with E-state index in [-0.39, 0.29) is 5.91 Å². The summed E-state index contributed by atoms with van der Waals surface area (Å²) in [6.45, 7) is 6.28. The fourth-order valence-electron chi connectivity index (χ4n) is 2.08. The first-order chi connectivity index (χ1) is 8.84. The third kappa shape index (κ3) is 2.63. The Bertz CT molecular complexity index is 626. The molecule has 0 atom stereocenters. The lowest BCUT2D eigenvalue weighted by atomic mass is 10.1. The first-order valence-electron chi connectivity index (χ1n) is 6.43. The quantitative estimate of drug-likeness (QED) is 0.885. The maximum absolute atomic E-state index is 12.3. The number of nitrogens with one attached hydrogen (secondary N) is 1. The molecule has 102 valence electrons. The number of carbonyl (C=O) groups excluding carboxylic acids is 1. The number of rotatable bonds is 3. The molecule has 1 amide bonds. The van der Waals surface area contributed by atoms with Crippen molar-refractivity contribution >= 4 is 16.8 Å². The van der Waals surface area contributed by atoms with Gasteiger partial charge in [0.2, 0.25) is 0 Å². The number of hydrogen-bond donors (Lipinski definition) is 2. The van der Waals surface area contributed by atoms with Crippen molar-refractivity contribution in [3.63, 3.8) is 0 Å². The van der Waals surface area contributed by atoms with Gasteiger partial charge in [-0.3, -0.25) is 4.79 Å². The fourth-order valence-corrected chi connectivity index (χ4v) is 2.08. The van der Waals surface area contributed by atoms with Gasteiger partial charge in [0.25, 0.3) is 5.91 Å².